The Morgan fingerprint density at radius 3 is 2.08 bits per heavy atom. The Hall–Kier alpha value is -2.99. The monoisotopic (exact) mass is 578 g/mol. The van der Waals surface area contributed by atoms with Gasteiger partial charge in [0.05, 0.1) is 24.4 Å². The van der Waals surface area contributed by atoms with Crippen molar-refractivity contribution >= 4 is 28.0 Å². The number of nitrogens with one attached hydrogen (secondary N) is 1. The van der Waals surface area contributed by atoms with Crippen LogP contribution in [-0.2, 0) is 47.5 Å². The molecule has 0 aliphatic carbocycles. The number of rotatable bonds is 13. The molecule has 2 heterocycles. The lowest BCUT2D eigenvalue weighted by atomic mass is 9.89. The zero-order chi connectivity index (χ0) is 29.4. The third-order valence-electron chi connectivity index (χ3n) is 4.28. The average Bonchev–Trinajstić information content (AvgIpc) is 3.25. The Bertz CT molecular complexity index is 1160. The van der Waals surface area contributed by atoms with E-state index in [-0.39, 0.29) is 0 Å². The van der Waals surface area contributed by atoms with E-state index < -0.39 is 87.4 Å². The van der Waals surface area contributed by atoms with Crippen molar-refractivity contribution < 1.29 is 61.6 Å². The largest absolute Gasteiger partial charge is 0.510 e. The van der Waals surface area contributed by atoms with Gasteiger partial charge in [0, 0.05) is 6.20 Å². The molecular formula is C20H28BN2O15P. The molecule has 0 saturated carbocycles. The topological polar surface area (TPSA) is 220 Å². The van der Waals surface area contributed by atoms with Gasteiger partial charge in [0.15, 0.2) is 14.1 Å². The summed E-state index contributed by atoms with van der Waals surface area (Å²) < 4.78 is 53.1. The summed E-state index contributed by atoms with van der Waals surface area (Å²) in [6, 6.07) is 0. The quantitative estimate of drug-likeness (QED) is 0.0951. The van der Waals surface area contributed by atoms with Gasteiger partial charge >= 0.3 is 25.8 Å². The third-order valence-corrected chi connectivity index (χ3v) is 5.59. The van der Waals surface area contributed by atoms with E-state index in [1.54, 1.807) is 27.7 Å². The molecule has 1 aromatic heterocycles. The summed E-state index contributed by atoms with van der Waals surface area (Å²) in [4.78, 5) is 48.9. The molecule has 0 saturated heterocycles. The van der Waals surface area contributed by atoms with Gasteiger partial charge in [-0.3, -0.25) is 18.9 Å². The zero-order valence-electron chi connectivity index (χ0n) is 21.3. The van der Waals surface area contributed by atoms with E-state index in [2.05, 4.69) is 9.47 Å². The minimum absolute atomic E-state index is 0.501. The van der Waals surface area contributed by atoms with Crippen LogP contribution in [0.25, 0.3) is 0 Å². The molecule has 216 valence electrons. The predicted octanol–water partition coefficient (Wildman–Crippen LogP) is 0.450. The molecule has 0 spiro atoms. The maximum absolute atomic E-state index is 13.0. The van der Waals surface area contributed by atoms with Crippen molar-refractivity contribution in [1.29, 1.82) is 0 Å². The van der Waals surface area contributed by atoms with Crippen LogP contribution >= 0.6 is 7.82 Å². The van der Waals surface area contributed by atoms with E-state index in [0.29, 0.717) is 0 Å². The van der Waals surface area contributed by atoms with E-state index in [9.17, 15) is 34.0 Å². The van der Waals surface area contributed by atoms with E-state index in [4.69, 9.17) is 35.6 Å². The molecule has 1 aliphatic heterocycles. The molecule has 2 rings (SSSR count). The van der Waals surface area contributed by atoms with Gasteiger partial charge in [-0.15, -0.1) is 0 Å². The molecule has 39 heavy (non-hydrogen) atoms. The van der Waals surface area contributed by atoms with Crippen LogP contribution in [0.2, 0.25) is 0 Å². The molecule has 19 heteroatoms. The van der Waals surface area contributed by atoms with Crippen molar-refractivity contribution in [3.63, 3.8) is 0 Å². The summed E-state index contributed by atoms with van der Waals surface area (Å²) in [6.07, 6.45) is -1.90. The van der Waals surface area contributed by atoms with E-state index in [1.165, 1.54) is 12.2 Å². The normalized spacial score (nSPS) is 17.4. The number of hydrogen-bond acceptors (Lipinski definition) is 15. The maximum atomic E-state index is 13.0. The molecule has 0 fully saturated rings. The Labute approximate surface area is 222 Å². The molecule has 17 nitrogen and oxygen atoms in total. The zero-order valence-corrected chi connectivity index (χ0v) is 22.2. The minimum Gasteiger partial charge on any atom is -0.432 e. The first-order valence-electron chi connectivity index (χ1n) is 11.2. The van der Waals surface area contributed by atoms with Gasteiger partial charge in [-0.2, -0.15) is 0 Å². The molecule has 0 unspecified atom stereocenters. The van der Waals surface area contributed by atoms with Crippen LogP contribution in [0.5, 0.6) is 0 Å². The van der Waals surface area contributed by atoms with Crippen LogP contribution < -0.4 is 11.2 Å². The summed E-state index contributed by atoms with van der Waals surface area (Å²) in [6.45, 7) is 3.88. The van der Waals surface area contributed by atoms with Gasteiger partial charge in [-0.25, -0.2) is 28.0 Å². The van der Waals surface area contributed by atoms with Gasteiger partial charge < -0.3 is 33.9 Å². The molecule has 1 aromatic rings. The summed E-state index contributed by atoms with van der Waals surface area (Å²) in [5.41, 5.74) is -5.86. The van der Waals surface area contributed by atoms with E-state index in [0.717, 1.165) is 10.8 Å². The van der Waals surface area contributed by atoms with Crippen molar-refractivity contribution in [2.75, 3.05) is 20.2 Å². The van der Waals surface area contributed by atoms with E-state index in [1.807, 2.05) is 4.98 Å². The van der Waals surface area contributed by atoms with Crippen LogP contribution in [0, 0.1) is 0 Å². The maximum Gasteiger partial charge on any atom is 0.510 e. The van der Waals surface area contributed by atoms with Crippen LogP contribution in [-0.4, -0.2) is 78.4 Å². The van der Waals surface area contributed by atoms with Gasteiger partial charge in [0.1, 0.15) is 11.8 Å². The van der Waals surface area contributed by atoms with Crippen LogP contribution in [0.1, 0.15) is 39.5 Å². The van der Waals surface area contributed by atoms with Crippen molar-refractivity contribution in [2.24, 2.45) is 0 Å². The summed E-state index contributed by atoms with van der Waals surface area (Å²) >= 11 is 0. The fraction of sp³-hybridized carbons (Fsp3) is 0.600. The number of nitrogens with zero attached hydrogens (tertiary/aromatic N) is 1. The fourth-order valence-electron chi connectivity index (χ4n) is 2.69. The Morgan fingerprint density at radius 2 is 1.59 bits per heavy atom. The first-order valence-corrected chi connectivity index (χ1v) is 12.7. The number of phosphoric acid groups is 1. The number of aromatic amines is 1. The number of carbonyl (C=O) groups is 2. The molecule has 0 amide bonds. The smallest absolute Gasteiger partial charge is 0.432 e. The number of aliphatic hydroxyl groups is 2. The number of hydrogen-bond donors (Lipinski definition) is 3. The average molecular weight is 578 g/mol. The molecule has 3 N–H and O–H groups in total. The molecule has 0 bridgehead atoms. The van der Waals surface area contributed by atoms with Gasteiger partial charge in [0.25, 0.3) is 5.56 Å². The van der Waals surface area contributed by atoms with Gasteiger partial charge in [-0.1, -0.05) is 6.08 Å². The number of ether oxygens (including phenoxy) is 5. The number of carbonyl (C=O) groups excluding carboxylic acids is 2. The summed E-state index contributed by atoms with van der Waals surface area (Å²) in [5.74, 6) is 0. The number of aromatic nitrogens is 2. The summed E-state index contributed by atoms with van der Waals surface area (Å²) in [7, 11) is 0.554. The second kappa shape index (κ2) is 13.9. The highest BCUT2D eigenvalue weighted by Crippen LogP contribution is 2.49. The van der Waals surface area contributed by atoms with Crippen LogP contribution in [0.4, 0.5) is 9.59 Å². The van der Waals surface area contributed by atoms with Crippen molar-refractivity contribution in [3.05, 3.63) is 44.8 Å². The fourth-order valence-corrected chi connectivity index (χ4v) is 3.60. The second-order valence-corrected chi connectivity index (χ2v) is 9.91. The number of H-pyrrole nitrogens is 1. The number of phosphoric ester groups is 1. The van der Waals surface area contributed by atoms with Crippen LogP contribution in [0.15, 0.2) is 27.9 Å². The highest BCUT2D eigenvalue weighted by Gasteiger charge is 2.33. The first kappa shape index (κ1) is 32.2. The molecular weight excluding hydrogens is 550 g/mol. The Kier molecular flexibility index (Phi) is 11.5. The first-order chi connectivity index (χ1) is 18.1. The predicted molar refractivity (Wildman–Crippen MR) is 127 cm³/mol. The highest BCUT2D eigenvalue weighted by molar-refractivity contribution is 7.48. The lowest BCUT2D eigenvalue weighted by molar-refractivity contribution is -0.0934. The molecule has 1 aliphatic rings. The van der Waals surface area contributed by atoms with Crippen molar-refractivity contribution in [1.82, 2.24) is 9.55 Å². The SMILES string of the molecule is [B]C(O)(O)c1cn([C@H]2C=C[C@@H](COP(=O)(OCOC(=O)OC(C)C)OCOC(=O)OC(C)C)O2)c(=O)[nH]c1=O. The lowest BCUT2D eigenvalue weighted by Gasteiger charge is -2.21. The highest BCUT2D eigenvalue weighted by atomic mass is 31.2. The standard InChI is InChI=1S/C20H28BN2O15P/c1-11(2)36-18(26)31-9-34-39(30,35-10-32-19(27)37-12(3)4)33-8-13-5-6-15(38-13)23-7-14(20(21,28)29)16(24)22-17(23)25/h5-7,11-13,15,28-29H,8-10H2,1-4H3,(H,22,24,25)/t13-,15+/m0/s1. The van der Waals surface area contributed by atoms with Crippen molar-refractivity contribution in [2.45, 2.75) is 57.9 Å². The second-order valence-electron chi connectivity index (χ2n) is 8.24. The molecule has 0 aromatic carbocycles. The Balaban J connectivity index is 2.03. The van der Waals surface area contributed by atoms with E-state index >= 15 is 0 Å². The lowest BCUT2D eigenvalue weighted by Crippen LogP contribution is -2.40. The van der Waals surface area contributed by atoms with Crippen molar-refractivity contribution in [3.8, 4) is 0 Å². The minimum atomic E-state index is -4.57. The van der Waals surface area contributed by atoms with Crippen LogP contribution in [0.3, 0.4) is 0 Å². The Morgan fingerprint density at radius 1 is 1.05 bits per heavy atom. The van der Waals surface area contributed by atoms with Gasteiger partial charge in [0.2, 0.25) is 13.6 Å². The molecule has 2 atom stereocenters. The van der Waals surface area contributed by atoms with Gasteiger partial charge in [-0.05, 0) is 33.8 Å². The summed E-state index contributed by atoms with van der Waals surface area (Å²) in [5, 5.41) is 19.1. The molecule has 2 radical (unpaired) electrons. The third kappa shape index (κ3) is 10.6.